The van der Waals surface area contributed by atoms with Gasteiger partial charge in [0.1, 0.15) is 12.7 Å². The molecule has 0 saturated heterocycles. The van der Waals surface area contributed by atoms with E-state index in [-0.39, 0.29) is 6.61 Å². The SMILES string of the molecule is CC(=O)OC1COC=CC1O. The summed E-state index contributed by atoms with van der Waals surface area (Å²) in [5, 5.41) is 9.17. The van der Waals surface area contributed by atoms with Crippen molar-refractivity contribution < 1.29 is 19.4 Å². The number of esters is 1. The number of hydrogen-bond acceptors (Lipinski definition) is 4. The Morgan fingerprint density at radius 3 is 3.09 bits per heavy atom. The van der Waals surface area contributed by atoms with Crippen molar-refractivity contribution in [3.05, 3.63) is 12.3 Å². The van der Waals surface area contributed by atoms with Gasteiger partial charge in [0.15, 0.2) is 6.10 Å². The van der Waals surface area contributed by atoms with Crippen molar-refractivity contribution in [2.75, 3.05) is 6.61 Å². The van der Waals surface area contributed by atoms with Gasteiger partial charge in [-0.05, 0) is 6.08 Å². The van der Waals surface area contributed by atoms with E-state index < -0.39 is 18.2 Å². The maximum atomic E-state index is 10.4. The van der Waals surface area contributed by atoms with E-state index in [4.69, 9.17) is 9.47 Å². The maximum absolute atomic E-state index is 10.4. The molecule has 0 bridgehead atoms. The molecular formula is C7H10O4. The van der Waals surface area contributed by atoms with Gasteiger partial charge in [0.25, 0.3) is 0 Å². The average Bonchev–Trinajstić information content (AvgIpc) is 1.93. The van der Waals surface area contributed by atoms with Gasteiger partial charge in [0.2, 0.25) is 0 Å². The highest BCUT2D eigenvalue weighted by Crippen LogP contribution is 2.07. The molecule has 0 amide bonds. The molecule has 1 aliphatic rings. The second-order valence-corrected chi connectivity index (χ2v) is 2.30. The zero-order valence-electron chi connectivity index (χ0n) is 6.19. The number of aliphatic hydroxyl groups is 1. The molecule has 0 saturated carbocycles. The van der Waals surface area contributed by atoms with Crippen LogP contribution in [0.1, 0.15) is 6.92 Å². The van der Waals surface area contributed by atoms with Crippen LogP contribution in [0.3, 0.4) is 0 Å². The molecule has 0 spiro atoms. The lowest BCUT2D eigenvalue weighted by Gasteiger charge is -2.22. The van der Waals surface area contributed by atoms with E-state index in [9.17, 15) is 9.90 Å². The Bertz CT molecular complexity index is 175. The van der Waals surface area contributed by atoms with Gasteiger partial charge in [0, 0.05) is 6.92 Å². The first-order valence-electron chi connectivity index (χ1n) is 3.33. The number of aliphatic hydroxyl groups excluding tert-OH is 1. The molecule has 0 aromatic carbocycles. The van der Waals surface area contributed by atoms with Gasteiger partial charge in [-0.25, -0.2) is 0 Å². The van der Waals surface area contributed by atoms with E-state index in [1.807, 2.05) is 0 Å². The molecule has 0 aromatic heterocycles. The van der Waals surface area contributed by atoms with Gasteiger partial charge in [-0.15, -0.1) is 0 Å². The van der Waals surface area contributed by atoms with Crippen molar-refractivity contribution in [1.29, 1.82) is 0 Å². The monoisotopic (exact) mass is 158 g/mol. The van der Waals surface area contributed by atoms with E-state index in [2.05, 4.69) is 0 Å². The third-order valence-electron chi connectivity index (χ3n) is 1.33. The smallest absolute Gasteiger partial charge is 0.303 e. The first-order chi connectivity index (χ1) is 5.20. The van der Waals surface area contributed by atoms with Crippen LogP contribution in [0.5, 0.6) is 0 Å². The van der Waals surface area contributed by atoms with Gasteiger partial charge in [-0.3, -0.25) is 4.79 Å². The summed E-state index contributed by atoms with van der Waals surface area (Å²) in [4.78, 5) is 10.4. The first-order valence-corrected chi connectivity index (χ1v) is 3.33. The van der Waals surface area contributed by atoms with Gasteiger partial charge < -0.3 is 14.6 Å². The molecule has 0 radical (unpaired) electrons. The summed E-state index contributed by atoms with van der Waals surface area (Å²) in [6, 6.07) is 0. The largest absolute Gasteiger partial charge is 0.497 e. The standard InChI is InChI=1S/C7H10O4/c1-5(8)11-7-4-10-3-2-6(7)9/h2-3,6-7,9H,4H2,1H3. The number of hydrogen-bond donors (Lipinski definition) is 1. The normalized spacial score (nSPS) is 29.3. The second kappa shape index (κ2) is 3.39. The molecule has 62 valence electrons. The molecule has 11 heavy (non-hydrogen) atoms. The van der Waals surface area contributed by atoms with Crippen LogP contribution in [0.2, 0.25) is 0 Å². The van der Waals surface area contributed by atoms with Crippen LogP contribution in [0.15, 0.2) is 12.3 Å². The van der Waals surface area contributed by atoms with Crippen molar-refractivity contribution in [2.24, 2.45) is 0 Å². The van der Waals surface area contributed by atoms with Crippen molar-refractivity contribution in [3.63, 3.8) is 0 Å². The third kappa shape index (κ3) is 2.23. The number of ether oxygens (including phenoxy) is 2. The molecule has 0 aliphatic carbocycles. The van der Waals surface area contributed by atoms with E-state index in [1.54, 1.807) is 0 Å². The lowest BCUT2D eigenvalue weighted by Crippen LogP contribution is -2.35. The Labute approximate surface area is 64.4 Å². The molecule has 2 unspecified atom stereocenters. The van der Waals surface area contributed by atoms with E-state index >= 15 is 0 Å². The fourth-order valence-electron chi connectivity index (χ4n) is 0.826. The van der Waals surface area contributed by atoms with Crippen LogP contribution in [0, 0.1) is 0 Å². The van der Waals surface area contributed by atoms with Crippen molar-refractivity contribution in [1.82, 2.24) is 0 Å². The molecular weight excluding hydrogens is 148 g/mol. The molecule has 2 atom stereocenters. The Kier molecular flexibility index (Phi) is 2.48. The maximum Gasteiger partial charge on any atom is 0.303 e. The molecule has 1 aliphatic heterocycles. The molecule has 4 nitrogen and oxygen atoms in total. The van der Waals surface area contributed by atoms with Gasteiger partial charge in [-0.1, -0.05) is 0 Å². The topological polar surface area (TPSA) is 55.8 Å². The van der Waals surface area contributed by atoms with Crippen LogP contribution >= 0.6 is 0 Å². The van der Waals surface area contributed by atoms with Crippen molar-refractivity contribution in [2.45, 2.75) is 19.1 Å². The number of rotatable bonds is 1. The highest BCUT2D eigenvalue weighted by Gasteiger charge is 2.22. The summed E-state index contributed by atoms with van der Waals surface area (Å²) in [7, 11) is 0. The summed E-state index contributed by atoms with van der Waals surface area (Å²) in [5.41, 5.74) is 0. The fraction of sp³-hybridized carbons (Fsp3) is 0.571. The summed E-state index contributed by atoms with van der Waals surface area (Å²) < 4.78 is 9.57. The minimum Gasteiger partial charge on any atom is -0.497 e. The molecule has 0 fully saturated rings. The third-order valence-corrected chi connectivity index (χ3v) is 1.33. The van der Waals surface area contributed by atoms with Crippen molar-refractivity contribution >= 4 is 5.97 Å². The molecule has 1 N–H and O–H groups in total. The summed E-state index contributed by atoms with van der Waals surface area (Å²) in [5.74, 6) is -0.409. The molecule has 4 heteroatoms. The average molecular weight is 158 g/mol. The van der Waals surface area contributed by atoms with Crippen molar-refractivity contribution in [3.8, 4) is 0 Å². The Hall–Kier alpha value is -1.03. The van der Waals surface area contributed by atoms with Crippen LogP contribution in [-0.2, 0) is 14.3 Å². The fourth-order valence-corrected chi connectivity index (χ4v) is 0.826. The van der Waals surface area contributed by atoms with Gasteiger partial charge >= 0.3 is 5.97 Å². The van der Waals surface area contributed by atoms with Crippen LogP contribution in [-0.4, -0.2) is 29.9 Å². The second-order valence-electron chi connectivity index (χ2n) is 2.30. The van der Waals surface area contributed by atoms with E-state index in [0.717, 1.165) is 0 Å². The predicted octanol–water partition coefficient (Wildman–Crippen LogP) is -0.177. The zero-order valence-corrected chi connectivity index (χ0v) is 6.19. The highest BCUT2D eigenvalue weighted by atomic mass is 16.6. The summed E-state index contributed by atoms with van der Waals surface area (Å²) >= 11 is 0. The van der Waals surface area contributed by atoms with E-state index in [1.165, 1.54) is 19.3 Å². The van der Waals surface area contributed by atoms with Crippen LogP contribution in [0.25, 0.3) is 0 Å². The molecule has 1 heterocycles. The minimum atomic E-state index is -0.743. The van der Waals surface area contributed by atoms with E-state index in [0.29, 0.717) is 0 Å². The molecule has 0 aromatic rings. The Balaban J connectivity index is 2.45. The lowest BCUT2D eigenvalue weighted by atomic mass is 10.2. The molecule has 1 rings (SSSR count). The number of carbonyl (C=O) groups is 1. The summed E-state index contributed by atoms with van der Waals surface area (Å²) in [6.45, 7) is 1.52. The first kappa shape index (κ1) is 8.07. The Morgan fingerprint density at radius 2 is 2.55 bits per heavy atom. The lowest BCUT2D eigenvalue weighted by molar-refractivity contribution is -0.154. The van der Waals surface area contributed by atoms with Crippen LogP contribution < -0.4 is 0 Å². The highest BCUT2D eigenvalue weighted by molar-refractivity contribution is 5.66. The zero-order chi connectivity index (χ0) is 8.27. The predicted molar refractivity (Wildman–Crippen MR) is 36.7 cm³/mol. The van der Waals surface area contributed by atoms with Gasteiger partial charge in [0.05, 0.1) is 6.26 Å². The van der Waals surface area contributed by atoms with Gasteiger partial charge in [-0.2, -0.15) is 0 Å². The minimum absolute atomic E-state index is 0.219. The summed E-state index contributed by atoms with van der Waals surface area (Å²) in [6.07, 6.45) is 1.53. The van der Waals surface area contributed by atoms with Crippen LogP contribution in [0.4, 0.5) is 0 Å². The quantitative estimate of drug-likeness (QED) is 0.538. The Morgan fingerprint density at radius 1 is 1.82 bits per heavy atom. The number of carbonyl (C=O) groups excluding carboxylic acids is 1.